The number of carbonyl (C=O) groups is 7. The Morgan fingerprint density at radius 3 is 2.03 bits per heavy atom. The zero-order chi connectivity index (χ0) is 46.6. The molecule has 15 heteroatoms. The minimum atomic E-state index is -1.12. The molecule has 1 fully saturated rings. The summed E-state index contributed by atoms with van der Waals surface area (Å²) in [7, 11) is 0. The largest absolute Gasteiger partial charge is 0.426 e. The van der Waals surface area contributed by atoms with Gasteiger partial charge in [0.1, 0.15) is 29.5 Å². The van der Waals surface area contributed by atoms with Crippen LogP contribution in [0, 0.1) is 5.92 Å². The molecular formula is C49H65N5O10. The molecule has 0 bridgehead atoms. The number of aryl methyl sites for hydroxylation is 1. The molecule has 1 aliphatic rings. The molecule has 0 saturated carbocycles. The molecule has 4 amide bonds. The number of amides is 4. The fourth-order valence-electron chi connectivity index (χ4n) is 6.99. The Hall–Kier alpha value is -5.77. The summed E-state index contributed by atoms with van der Waals surface area (Å²) in [5.74, 6) is -2.71. The highest BCUT2D eigenvalue weighted by molar-refractivity contribution is 5.98. The molecule has 0 spiro atoms. The van der Waals surface area contributed by atoms with Gasteiger partial charge in [-0.15, -0.1) is 0 Å². The minimum absolute atomic E-state index is 0.0842. The quantitative estimate of drug-likeness (QED) is 0.0267. The summed E-state index contributed by atoms with van der Waals surface area (Å²) in [6, 6.07) is 19.4. The zero-order valence-electron chi connectivity index (χ0n) is 38.0. The van der Waals surface area contributed by atoms with Gasteiger partial charge in [0.2, 0.25) is 23.6 Å². The van der Waals surface area contributed by atoms with Crippen LogP contribution >= 0.6 is 0 Å². The molecule has 3 aromatic carbocycles. The van der Waals surface area contributed by atoms with Crippen LogP contribution in [-0.2, 0) is 57.6 Å². The Balaban J connectivity index is 1.49. The second-order valence-corrected chi connectivity index (χ2v) is 16.8. The molecule has 64 heavy (non-hydrogen) atoms. The van der Waals surface area contributed by atoms with E-state index < -0.39 is 59.4 Å². The first-order valence-corrected chi connectivity index (χ1v) is 22.2. The molecule has 5 atom stereocenters. The number of ether oxygens (including phenoxy) is 3. The first-order chi connectivity index (χ1) is 30.6. The summed E-state index contributed by atoms with van der Waals surface area (Å²) in [6.45, 7) is 12.3. The third-order valence-corrected chi connectivity index (χ3v) is 10.7. The van der Waals surface area contributed by atoms with Gasteiger partial charge in [-0.25, -0.2) is 0 Å². The molecule has 1 aliphatic heterocycles. The van der Waals surface area contributed by atoms with Crippen molar-refractivity contribution < 1.29 is 47.8 Å². The molecule has 1 heterocycles. The molecule has 0 unspecified atom stereocenters. The monoisotopic (exact) mass is 883 g/mol. The Morgan fingerprint density at radius 2 is 1.42 bits per heavy atom. The van der Waals surface area contributed by atoms with Gasteiger partial charge in [-0.3, -0.25) is 38.5 Å². The van der Waals surface area contributed by atoms with Gasteiger partial charge in [0.05, 0.1) is 31.4 Å². The average molecular weight is 884 g/mol. The van der Waals surface area contributed by atoms with Crippen LogP contribution in [-0.4, -0.2) is 109 Å². The molecule has 15 nitrogen and oxygen atoms in total. The SMILES string of the molecule is CCCOCCN(CC(=O)N[C@@H](CCc1ccccc1)C(=O)N[C@@H](C)C(=O)N[C@@H](Cc1ccccc1)C(=O)N[C@@H](CC(C)C)C(=O)[C@@]1(C)CO1)Cc1ccc(OC(=O)CC)c(C=O)c1. The lowest BCUT2D eigenvalue weighted by Crippen LogP contribution is -2.58. The van der Waals surface area contributed by atoms with E-state index in [1.165, 1.54) is 6.92 Å². The number of hydrogen-bond donors (Lipinski definition) is 4. The molecular weight excluding hydrogens is 819 g/mol. The highest BCUT2D eigenvalue weighted by Gasteiger charge is 2.50. The van der Waals surface area contributed by atoms with Crippen molar-refractivity contribution in [3.05, 3.63) is 101 Å². The maximum atomic E-state index is 14.0. The fourth-order valence-corrected chi connectivity index (χ4v) is 6.99. The molecule has 3 aromatic rings. The molecule has 0 radical (unpaired) electrons. The smallest absolute Gasteiger partial charge is 0.310 e. The summed E-state index contributed by atoms with van der Waals surface area (Å²) in [5.41, 5.74) is 1.64. The Morgan fingerprint density at radius 1 is 0.781 bits per heavy atom. The van der Waals surface area contributed by atoms with Crippen LogP contribution in [0.15, 0.2) is 78.9 Å². The van der Waals surface area contributed by atoms with E-state index >= 15 is 0 Å². The second kappa shape index (κ2) is 25.5. The van der Waals surface area contributed by atoms with Gasteiger partial charge in [-0.1, -0.05) is 94.4 Å². The first-order valence-electron chi connectivity index (χ1n) is 22.2. The number of nitrogens with zero attached hydrogens (tertiary/aromatic N) is 1. The van der Waals surface area contributed by atoms with Crippen molar-refractivity contribution in [1.29, 1.82) is 0 Å². The van der Waals surface area contributed by atoms with Crippen LogP contribution in [0.5, 0.6) is 5.75 Å². The number of carbonyl (C=O) groups excluding carboxylic acids is 7. The lowest BCUT2D eigenvalue weighted by molar-refractivity contribution is -0.135. The number of ketones is 1. The van der Waals surface area contributed by atoms with Crippen LogP contribution in [0.25, 0.3) is 0 Å². The van der Waals surface area contributed by atoms with E-state index in [0.29, 0.717) is 44.4 Å². The number of aldehydes is 1. The predicted molar refractivity (Wildman–Crippen MR) is 241 cm³/mol. The number of rotatable bonds is 28. The van der Waals surface area contributed by atoms with E-state index in [0.717, 1.165) is 17.5 Å². The standard InChI is InChI=1S/C49H65N5O10/c1-7-24-62-25-23-54(29-37-20-22-42(38(27-37)31-55)64-44(57)8-2)30-43(56)51-39(21-19-35-15-11-9-12-16-35)47(60)50-34(5)46(59)53-41(28-36-17-13-10-14-18-36)48(61)52-40(26-33(3)4)45(58)49(6)32-63-49/h9-18,20,22,27,31,33-34,39-41H,7-8,19,21,23-26,28-30,32H2,1-6H3,(H,50,60)(H,51,56)(H,52,61)(H,53,59)/t34-,39-,40-,41-,49+/m0/s1. The van der Waals surface area contributed by atoms with Crippen molar-refractivity contribution in [1.82, 2.24) is 26.2 Å². The van der Waals surface area contributed by atoms with Crippen LogP contribution in [0.3, 0.4) is 0 Å². The van der Waals surface area contributed by atoms with Crippen molar-refractivity contribution in [3.63, 3.8) is 0 Å². The van der Waals surface area contributed by atoms with Gasteiger partial charge in [0.15, 0.2) is 12.1 Å². The lowest BCUT2D eigenvalue weighted by atomic mass is 9.93. The molecule has 0 aliphatic carbocycles. The van der Waals surface area contributed by atoms with E-state index in [-0.39, 0.29) is 62.0 Å². The number of esters is 1. The summed E-state index contributed by atoms with van der Waals surface area (Å²) >= 11 is 0. The van der Waals surface area contributed by atoms with E-state index in [1.54, 1.807) is 32.0 Å². The molecule has 4 N–H and O–H groups in total. The highest BCUT2D eigenvalue weighted by atomic mass is 16.6. The number of Topliss-reactive ketones (excluding diaryl/α,β-unsaturated/α-hetero) is 1. The zero-order valence-corrected chi connectivity index (χ0v) is 38.0. The molecule has 0 aromatic heterocycles. The average Bonchev–Trinajstić information content (AvgIpc) is 4.04. The van der Waals surface area contributed by atoms with Gasteiger partial charge >= 0.3 is 5.97 Å². The van der Waals surface area contributed by atoms with Crippen molar-refractivity contribution in [2.75, 3.05) is 32.9 Å². The third-order valence-electron chi connectivity index (χ3n) is 10.7. The third kappa shape index (κ3) is 16.7. The van der Waals surface area contributed by atoms with Crippen LogP contribution in [0.4, 0.5) is 0 Å². The van der Waals surface area contributed by atoms with Crippen molar-refractivity contribution in [2.45, 2.75) is 116 Å². The van der Waals surface area contributed by atoms with Gasteiger partial charge in [-0.05, 0) is 74.3 Å². The molecule has 1 saturated heterocycles. The van der Waals surface area contributed by atoms with Crippen LogP contribution in [0.1, 0.15) is 94.3 Å². The van der Waals surface area contributed by atoms with Gasteiger partial charge < -0.3 is 35.5 Å². The Kier molecular flexibility index (Phi) is 20.3. The minimum Gasteiger partial charge on any atom is -0.426 e. The summed E-state index contributed by atoms with van der Waals surface area (Å²) in [5, 5.41) is 11.3. The van der Waals surface area contributed by atoms with Crippen LogP contribution in [0.2, 0.25) is 0 Å². The number of nitrogens with one attached hydrogen (secondary N) is 4. The van der Waals surface area contributed by atoms with Gasteiger partial charge in [0, 0.05) is 32.5 Å². The van der Waals surface area contributed by atoms with E-state index in [9.17, 15) is 33.6 Å². The maximum absolute atomic E-state index is 14.0. The van der Waals surface area contributed by atoms with Gasteiger partial charge in [-0.2, -0.15) is 0 Å². The summed E-state index contributed by atoms with van der Waals surface area (Å²) in [4.78, 5) is 94.6. The normalized spacial score (nSPS) is 16.2. The second-order valence-electron chi connectivity index (χ2n) is 16.8. The lowest BCUT2D eigenvalue weighted by Gasteiger charge is -2.27. The Labute approximate surface area is 376 Å². The Bertz CT molecular complexity index is 2020. The number of hydrogen-bond acceptors (Lipinski definition) is 11. The summed E-state index contributed by atoms with van der Waals surface area (Å²) < 4.78 is 16.4. The topological polar surface area (TPSA) is 202 Å². The van der Waals surface area contributed by atoms with E-state index in [1.807, 2.05) is 86.3 Å². The van der Waals surface area contributed by atoms with Crippen molar-refractivity contribution >= 4 is 41.7 Å². The van der Waals surface area contributed by atoms with Crippen molar-refractivity contribution in [2.24, 2.45) is 5.92 Å². The number of epoxide rings is 1. The van der Waals surface area contributed by atoms with E-state index in [2.05, 4.69) is 21.3 Å². The number of benzene rings is 3. The predicted octanol–water partition coefficient (Wildman–Crippen LogP) is 4.28. The maximum Gasteiger partial charge on any atom is 0.310 e. The van der Waals surface area contributed by atoms with Gasteiger partial charge in [0.25, 0.3) is 0 Å². The van der Waals surface area contributed by atoms with Crippen molar-refractivity contribution in [3.8, 4) is 5.75 Å². The van der Waals surface area contributed by atoms with Crippen LogP contribution < -0.4 is 26.0 Å². The van der Waals surface area contributed by atoms with E-state index in [4.69, 9.17) is 14.2 Å². The first kappa shape index (κ1) is 50.9. The highest BCUT2D eigenvalue weighted by Crippen LogP contribution is 2.30. The molecule has 346 valence electrons. The fraction of sp³-hybridized carbons (Fsp3) is 0.490. The summed E-state index contributed by atoms with van der Waals surface area (Å²) in [6.07, 6.45) is 2.72. The molecule has 4 rings (SSSR count).